The lowest BCUT2D eigenvalue weighted by molar-refractivity contribution is -0.139. The molecule has 1 N–H and O–H groups in total. The van der Waals surface area contributed by atoms with E-state index in [4.69, 9.17) is 14.2 Å². The summed E-state index contributed by atoms with van der Waals surface area (Å²) in [5, 5.41) is 11.2. The number of amides is 1. The summed E-state index contributed by atoms with van der Waals surface area (Å²) >= 11 is 0. The number of carbonyl (C=O) groups is 2. The molecule has 1 unspecified atom stereocenters. The molecule has 0 aliphatic carbocycles. The monoisotopic (exact) mass is 464 g/mol. The molecule has 0 bridgehead atoms. The molecule has 0 radical (unpaired) electrons. The molecule has 2 aliphatic rings. The van der Waals surface area contributed by atoms with Crippen molar-refractivity contribution >= 4 is 17.4 Å². The molecule has 4 rings (SSSR count). The highest BCUT2D eigenvalue weighted by atomic mass is 16.7. The summed E-state index contributed by atoms with van der Waals surface area (Å²) in [5.41, 5.74) is 1.09. The molecule has 2 aromatic carbocycles. The van der Waals surface area contributed by atoms with Gasteiger partial charge in [0.1, 0.15) is 18.1 Å². The topological polar surface area (TPSA) is 88.5 Å². The molecule has 0 spiro atoms. The fourth-order valence-electron chi connectivity index (χ4n) is 4.14. The Balaban J connectivity index is 1.78. The molecule has 0 aromatic heterocycles. The Bertz CT molecular complexity index is 1140. The Hall–Kier alpha value is -3.78. The van der Waals surface area contributed by atoms with Crippen molar-refractivity contribution in [3.8, 4) is 17.2 Å². The first-order valence-corrected chi connectivity index (χ1v) is 11.1. The lowest BCUT2D eigenvalue weighted by Gasteiger charge is -2.26. The van der Waals surface area contributed by atoms with Crippen molar-refractivity contribution in [2.45, 2.75) is 12.5 Å². The van der Waals surface area contributed by atoms with E-state index in [-0.39, 0.29) is 18.1 Å². The van der Waals surface area contributed by atoms with E-state index in [1.807, 2.05) is 25.1 Å². The molecule has 2 aliphatic heterocycles. The van der Waals surface area contributed by atoms with E-state index >= 15 is 0 Å². The van der Waals surface area contributed by atoms with Crippen molar-refractivity contribution < 1.29 is 28.9 Å². The van der Waals surface area contributed by atoms with Gasteiger partial charge in [-0.3, -0.25) is 9.59 Å². The Morgan fingerprint density at radius 2 is 2.00 bits per heavy atom. The number of nitrogens with zero attached hydrogens (tertiary/aromatic N) is 2. The lowest BCUT2D eigenvalue weighted by atomic mass is 9.95. The zero-order valence-electron chi connectivity index (χ0n) is 19.3. The second-order valence-electron chi connectivity index (χ2n) is 8.39. The first-order valence-electron chi connectivity index (χ1n) is 11.1. The highest BCUT2D eigenvalue weighted by molar-refractivity contribution is 6.46. The lowest BCUT2D eigenvalue weighted by Crippen LogP contribution is -2.32. The van der Waals surface area contributed by atoms with Gasteiger partial charge in [-0.05, 0) is 63.0 Å². The molecule has 1 fully saturated rings. The zero-order chi connectivity index (χ0) is 24.2. The van der Waals surface area contributed by atoms with Crippen molar-refractivity contribution in [1.29, 1.82) is 0 Å². The Labute approximate surface area is 198 Å². The third kappa shape index (κ3) is 4.63. The van der Waals surface area contributed by atoms with Gasteiger partial charge >= 0.3 is 0 Å². The van der Waals surface area contributed by atoms with Gasteiger partial charge in [0.05, 0.1) is 11.6 Å². The minimum absolute atomic E-state index is 0.0367. The average molecular weight is 465 g/mol. The standard InChI is InChI=1S/C26H28N2O6/c1-4-13-32-19-8-5-7-17(14-19)23-22(25(30)26(31)28(23)12-6-11-27(2)3)24(29)18-9-10-20-21(15-18)34-16-33-20/h4-5,7-10,14-15,23,29H,1,6,11-13,16H2,2-3H3. The molecule has 8 nitrogen and oxygen atoms in total. The third-order valence-electron chi connectivity index (χ3n) is 5.73. The van der Waals surface area contributed by atoms with E-state index < -0.39 is 17.7 Å². The predicted molar refractivity (Wildman–Crippen MR) is 127 cm³/mol. The molecular formula is C26H28N2O6. The molecule has 2 aromatic rings. The van der Waals surface area contributed by atoms with E-state index in [0.29, 0.717) is 47.9 Å². The summed E-state index contributed by atoms with van der Waals surface area (Å²) in [5.74, 6) is 0.00404. The number of ketones is 1. The first kappa shape index (κ1) is 23.4. The van der Waals surface area contributed by atoms with Crippen LogP contribution in [0.15, 0.2) is 60.7 Å². The van der Waals surface area contributed by atoms with E-state index in [9.17, 15) is 14.7 Å². The van der Waals surface area contributed by atoms with Crippen molar-refractivity contribution in [1.82, 2.24) is 9.80 Å². The van der Waals surface area contributed by atoms with E-state index in [1.165, 1.54) is 4.90 Å². The molecule has 0 saturated carbocycles. The summed E-state index contributed by atoms with van der Waals surface area (Å²) in [6.07, 6.45) is 2.31. The smallest absolute Gasteiger partial charge is 0.295 e. The van der Waals surface area contributed by atoms with Crippen molar-refractivity contribution in [2.75, 3.05) is 40.6 Å². The van der Waals surface area contributed by atoms with Crippen molar-refractivity contribution in [2.24, 2.45) is 0 Å². The summed E-state index contributed by atoms with van der Waals surface area (Å²) in [6, 6.07) is 11.4. The number of benzene rings is 2. The van der Waals surface area contributed by atoms with Crippen LogP contribution in [0.5, 0.6) is 17.2 Å². The van der Waals surface area contributed by atoms with Crippen LogP contribution in [-0.4, -0.2) is 67.2 Å². The number of aliphatic hydroxyl groups excluding tert-OH is 1. The number of rotatable bonds is 9. The van der Waals surface area contributed by atoms with Crippen LogP contribution in [0.2, 0.25) is 0 Å². The molecule has 1 atom stereocenters. The van der Waals surface area contributed by atoms with E-state index in [0.717, 1.165) is 6.54 Å². The van der Waals surface area contributed by atoms with E-state index in [2.05, 4.69) is 6.58 Å². The molecule has 8 heteroatoms. The quantitative estimate of drug-likeness (QED) is 0.264. The minimum atomic E-state index is -0.750. The second-order valence-corrected chi connectivity index (χ2v) is 8.39. The van der Waals surface area contributed by atoms with Crippen LogP contribution in [0.4, 0.5) is 0 Å². The van der Waals surface area contributed by atoms with Crippen LogP contribution >= 0.6 is 0 Å². The van der Waals surface area contributed by atoms with Crippen LogP contribution < -0.4 is 14.2 Å². The normalized spacial score (nSPS) is 18.6. The number of ether oxygens (including phenoxy) is 3. The van der Waals surface area contributed by atoms with Crippen LogP contribution in [0.1, 0.15) is 23.6 Å². The number of carbonyl (C=O) groups excluding carboxylic acids is 2. The number of likely N-dealkylation sites (tertiary alicyclic amines) is 1. The van der Waals surface area contributed by atoms with Crippen molar-refractivity contribution in [3.05, 3.63) is 71.8 Å². The maximum Gasteiger partial charge on any atom is 0.295 e. The summed E-state index contributed by atoms with van der Waals surface area (Å²) in [4.78, 5) is 29.8. The largest absolute Gasteiger partial charge is 0.507 e. The molecule has 2 heterocycles. The second kappa shape index (κ2) is 10.0. The average Bonchev–Trinajstić information content (AvgIpc) is 3.40. The van der Waals surface area contributed by atoms with Gasteiger partial charge in [-0.2, -0.15) is 0 Å². The zero-order valence-corrected chi connectivity index (χ0v) is 19.3. The third-order valence-corrected chi connectivity index (χ3v) is 5.73. The van der Waals surface area contributed by atoms with E-state index in [1.54, 1.807) is 42.5 Å². The minimum Gasteiger partial charge on any atom is -0.507 e. The molecular weight excluding hydrogens is 436 g/mol. The van der Waals surface area contributed by atoms with Gasteiger partial charge < -0.3 is 29.1 Å². The highest BCUT2D eigenvalue weighted by Crippen LogP contribution is 2.42. The predicted octanol–water partition coefficient (Wildman–Crippen LogP) is 3.35. The molecule has 1 saturated heterocycles. The number of hydrogen-bond acceptors (Lipinski definition) is 7. The maximum atomic E-state index is 13.2. The van der Waals surface area contributed by atoms with Gasteiger partial charge in [0, 0.05) is 12.1 Å². The van der Waals surface area contributed by atoms with Crippen LogP contribution in [0, 0.1) is 0 Å². The van der Waals surface area contributed by atoms with Crippen LogP contribution in [-0.2, 0) is 9.59 Å². The number of fused-ring (bicyclic) bond motifs is 1. The summed E-state index contributed by atoms with van der Waals surface area (Å²) in [6.45, 7) is 5.19. The molecule has 178 valence electrons. The highest BCUT2D eigenvalue weighted by Gasteiger charge is 2.46. The van der Waals surface area contributed by atoms with Gasteiger partial charge in [0.25, 0.3) is 11.7 Å². The Morgan fingerprint density at radius 1 is 1.21 bits per heavy atom. The fraction of sp³-hybridized carbons (Fsp3) is 0.308. The Kier molecular flexibility index (Phi) is 6.88. The molecule has 34 heavy (non-hydrogen) atoms. The van der Waals surface area contributed by atoms with Gasteiger partial charge in [0.15, 0.2) is 11.5 Å². The number of aliphatic hydroxyl groups is 1. The van der Waals surface area contributed by atoms with Gasteiger partial charge in [-0.15, -0.1) is 0 Å². The molecule has 1 amide bonds. The van der Waals surface area contributed by atoms with Crippen LogP contribution in [0.3, 0.4) is 0 Å². The Morgan fingerprint density at radius 3 is 2.76 bits per heavy atom. The van der Waals surface area contributed by atoms with Crippen LogP contribution in [0.25, 0.3) is 5.76 Å². The first-order chi connectivity index (χ1) is 16.4. The fourth-order valence-corrected chi connectivity index (χ4v) is 4.14. The van der Waals surface area contributed by atoms with Gasteiger partial charge in [0.2, 0.25) is 6.79 Å². The number of hydrogen-bond donors (Lipinski definition) is 1. The maximum absolute atomic E-state index is 13.2. The summed E-state index contributed by atoms with van der Waals surface area (Å²) in [7, 11) is 3.90. The SMILES string of the molecule is C=CCOc1cccc(C2C(=C(O)c3ccc4c(c3)OCO4)C(=O)C(=O)N2CCCN(C)C)c1. The van der Waals surface area contributed by atoms with Crippen molar-refractivity contribution in [3.63, 3.8) is 0 Å². The van der Waals surface area contributed by atoms with Gasteiger partial charge in [-0.25, -0.2) is 0 Å². The summed E-state index contributed by atoms with van der Waals surface area (Å²) < 4.78 is 16.4. The number of Topliss-reactive ketones (excluding diaryl/α,β-unsaturated/α-hetero) is 1. The van der Waals surface area contributed by atoms with Gasteiger partial charge in [-0.1, -0.05) is 24.8 Å².